The van der Waals surface area contributed by atoms with Gasteiger partial charge in [-0.15, -0.1) is 35.5 Å². The van der Waals surface area contributed by atoms with Gasteiger partial charge in [-0.05, 0) is 228 Å². The van der Waals surface area contributed by atoms with Crippen LogP contribution in [0.5, 0.6) is 0 Å². The van der Waals surface area contributed by atoms with Gasteiger partial charge in [-0.1, -0.05) is 356 Å². The fourth-order valence-corrected chi connectivity index (χ4v) is 19.9. The van der Waals surface area contributed by atoms with E-state index in [1.165, 1.54) is 105 Å². The molecular weight excluding hydrogens is 2090 g/mol. The SMILES string of the molecule is CC(C)(C)c1cc(N2[CH-]N(c3[c-]c(C(C)(C)c4[c-]c5c(cc4)c4cc(C(C)(C)C)ccc4n5-c4cc(C(C)(C)c5cc(C(C)(C)C)cc(C(C)(C)C)c5)ccn4)ccc3)c3ccccc32)cc(C(C)(C)C)c1.CC(C)(C)c1ccc(C(C)(C)c2ccnc(-n3c4[c-]c(C(C)(C)c5[c-]c(N6[CH-]N(c7cc(C(C)(C)C)cc(C(C)(C)C)c7)c7ccccc76)ccc5)ccc4c4cc(C(C)(C)C)ccc43)c2)cc1.[Pt].[Pt]. The van der Waals surface area contributed by atoms with Crippen molar-refractivity contribution in [3.05, 3.63) is 393 Å². The van der Waals surface area contributed by atoms with Gasteiger partial charge in [0.2, 0.25) is 0 Å². The second kappa shape index (κ2) is 37.3. The summed E-state index contributed by atoms with van der Waals surface area (Å²) in [5.74, 6) is 1.78. The van der Waals surface area contributed by atoms with Crippen LogP contribution in [0.15, 0.2) is 261 Å². The number of para-hydroxylation sites is 4. The number of nitrogens with zero attached hydrogens (tertiary/aromatic N) is 8. The number of benzene rings is 12. The monoisotopic (exact) mass is 2240 g/mol. The van der Waals surface area contributed by atoms with E-state index in [0.29, 0.717) is 0 Å². The molecule has 0 saturated heterocycles. The topological polar surface area (TPSA) is 48.6 Å². The molecule has 0 radical (unpaired) electrons. The Labute approximate surface area is 880 Å². The summed E-state index contributed by atoms with van der Waals surface area (Å²) in [6.45, 7) is 85.2. The van der Waals surface area contributed by atoms with E-state index in [0.717, 1.165) is 90.1 Å². The van der Waals surface area contributed by atoms with Gasteiger partial charge in [-0.3, -0.25) is 0 Å². The average molecular weight is 2240 g/mol. The molecule has 0 atom stereocenters. The molecule has 0 bridgehead atoms. The van der Waals surface area contributed by atoms with E-state index in [2.05, 4.69) is 557 Å². The molecule has 0 unspecified atom stereocenters. The Kier molecular flexibility index (Phi) is 27.7. The first kappa shape index (κ1) is 105. The molecule has 0 N–H and O–H groups in total. The van der Waals surface area contributed by atoms with Gasteiger partial charge in [0.1, 0.15) is 11.6 Å². The number of fused-ring (bicyclic) bond motifs is 8. The van der Waals surface area contributed by atoms with Gasteiger partial charge in [0.15, 0.2) is 0 Å². The summed E-state index contributed by atoms with van der Waals surface area (Å²) in [6, 6.07) is 109. The van der Waals surface area contributed by atoms with Crippen molar-refractivity contribution >= 4 is 89.1 Å². The number of aromatic nitrogens is 4. The Balaban J connectivity index is 0.000000212. The summed E-state index contributed by atoms with van der Waals surface area (Å²) in [7, 11) is 0. The van der Waals surface area contributed by atoms with Crippen LogP contribution >= 0.6 is 0 Å². The van der Waals surface area contributed by atoms with Crippen LogP contribution in [-0.2, 0) is 113 Å². The summed E-state index contributed by atoms with van der Waals surface area (Å²) in [6.07, 6.45) is 3.98. The molecule has 2 aliphatic rings. The molecule has 4 aromatic heterocycles. The maximum absolute atomic E-state index is 5.18. The van der Waals surface area contributed by atoms with Crippen molar-refractivity contribution in [2.45, 2.75) is 313 Å². The van der Waals surface area contributed by atoms with Crippen LogP contribution in [0.25, 0.3) is 55.2 Å². The minimum Gasteiger partial charge on any atom is -0.493 e. The third kappa shape index (κ3) is 20.3. The molecule has 6 heterocycles. The fraction of sp³-hybridized carbons (Fsp3) is 0.364. The van der Waals surface area contributed by atoms with E-state index in [-0.39, 0.29) is 102 Å². The summed E-state index contributed by atoms with van der Waals surface area (Å²) in [4.78, 5) is 19.6. The van der Waals surface area contributed by atoms with Gasteiger partial charge in [-0.25, -0.2) is 9.97 Å². The van der Waals surface area contributed by atoms with Crippen molar-refractivity contribution in [3.8, 4) is 11.6 Å². The third-order valence-electron chi connectivity index (χ3n) is 30.2. The van der Waals surface area contributed by atoms with Crippen LogP contribution in [0.2, 0.25) is 0 Å². The second-order valence-electron chi connectivity index (χ2n) is 51.5. The molecule has 0 fully saturated rings. The Morgan fingerprint density at radius 3 is 0.817 bits per heavy atom. The largest absolute Gasteiger partial charge is 0.493 e. The number of hydrogen-bond acceptors (Lipinski definition) is 6. The van der Waals surface area contributed by atoms with E-state index in [4.69, 9.17) is 9.97 Å². The Morgan fingerprint density at radius 1 is 0.211 bits per heavy atom. The molecule has 10 heteroatoms. The molecule has 2 aliphatic heterocycles. The molecule has 0 saturated carbocycles. The van der Waals surface area contributed by atoms with Gasteiger partial charge < -0.3 is 28.7 Å². The molecular formula is C132H150N8Pt2-6. The van der Waals surface area contributed by atoms with Crippen molar-refractivity contribution in [2.75, 3.05) is 19.6 Å². The standard InChI is InChI=1S/C68H79N4.C64H71N4.2Pt/c1-62(2,3)44-28-30-57-56(40-44)55-29-27-46(41-60(55)72(57)61-42-47(31-32-69-61)68(18,19)52-35-48(63(4,5)6)33-49(36-52)64(7,8)9)67(16,17)45-23-22-24-53(37-45)70-43-71(59-26-21-20-25-58(59)70)54-38-50(65(10,11)12)34-51(39-54)66(13,14)15;1-59(2,3)42-24-26-43(27-25-42)63(13,14)47-32-33-65-58(40-47)68-54-31-29-44(60(4,5)6)38-53(54)52-30-28-46(39-57(52)68)64(15,16)45-20-19-21-50(35-45)66-41-67(56-23-18-17-22-55(56)66)51-36-48(61(7,8)9)34-49(37-51)62(10,11)12;;/h20-36,38-40,42-43H,1-19H3;17-34,36-38,40-41H,1-16H3;;/q2*-3;;. The van der Waals surface area contributed by atoms with Gasteiger partial charge in [0.05, 0.1) is 0 Å². The molecule has 18 rings (SSSR count). The predicted octanol–water partition coefficient (Wildman–Crippen LogP) is 35.4. The molecule has 744 valence electrons. The molecule has 8 nitrogen and oxygen atoms in total. The number of pyridine rings is 2. The van der Waals surface area contributed by atoms with E-state index < -0.39 is 10.8 Å². The first-order chi connectivity index (χ1) is 65.1. The van der Waals surface area contributed by atoms with Crippen molar-refractivity contribution in [1.82, 2.24) is 19.1 Å². The minimum atomic E-state index is -0.455. The molecule has 0 aliphatic carbocycles. The maximum atomic E-state index is 5.18. The van der Waals surface area contributed by atoms with Crippen molar-refractivity contribution in [2.24, 2.45) is 0 Å². The zero-order valence-electron chi connectivity index (χ0n) is 91.2. The van der Waals surface area contributed by atoms with Crippen LogP contribution in [-0.4, -0.2) is 19.1 Å². The second-order valence-corrected chi connectivity index (χ2v) is 51.5. The normalized spacial score (nSPS) is 13.9. The van der Waals surface area contributed by atoms with Crippen LogP contribution < -0.4 is 19.6 Å². The van der Waals surface area contributed by atoms with Crippen molar-refractivity contribution < 1.29 is 42.1 Å². The third-order valence-corrected chi connectivity index (χ3v) is 30.2. The maximum Gasteiger partial charge on any atom is 0.135 e. The van der Waals surface area contributed by atoms with Gasteiger partial charge in [0, 0.05) is 111 Å². The molecule has 16 aromatic rings. The molecule has 0 amide bonds. The van der Waals surface area contributed by atoms with Gasteiger partial charge in [0.25, 0.3) is 0 Å². The first-order valence-electron chi connectivity index (χ1n) is 50.7. The quantitative estimate of drug-likeness (QED) is 0.101. The molecule has 0 spiro atoms. The Bertz CT molecular complexity index is 7350. The smallest absolute Gasteiger partial charge is 0.135 e. The van der Waals surface area contributed by atoms with Crippen molar-refractivity contribution in [1.29, 1.82) is 0 Å². The van der Waals surface area contributed by atoms with Gasteiger partial charge >= 0.3 is 0 Å². The molecule has 12 aromatic carbocycles. The van der Waals surface area contributed by atoms with Crippen LogP contribution in [0.4, 0.5) is 45.5 Å². The van der Waals surface area contributed by atoms with Crippen molar-refractivity contribution in [3.63, 3.8) is 0 Å². The van der Waals surface area contributed by atoms with Crippen LogP contribution in [0, 0.1) is 37.6 Å². The Morgan fingerprint density at radius 2 is 0.493 bits per heavy atom. The van der Waals surface area contributed by atoms with Crippen LogP contribution in [0.1, 0.15) is 337 Å². The summed E-state index contributed by atoms with van der Waals surface area (Å²) in [5, 5.41) is 4.75. The zero-order valence-corrected chi connectivity index (χ0v) is 95.7. The average Bonchev–Trinajstić information content (AvgIpc) is 1.58. The van der Waals surface area contributed by atoms with E-state index in [1.54, 1.807) is 0 Å². The number of hydrogen-bond donors (Lipinski definition) is 0. The van der Waals surface area contributed by atoms with E-state index >= 15 is 0 Å². The minimum absolute atomic E-state index is 0. The molecule has 142 heavy (non-hydrogen) atoms. The number of rotatable bonds is 14. The fourth-order valence-electron chi connectivity index (χ4n) is 19.9. The summed E-state index contributed by atoms with van der Waals surface area (Å²) >= 11 is 0. The van der Waals surface area contributed by atoms with Crippen LogP contribution in [0.3, 0.4) is 0 Å². The summed E-state index contributed by atoms with van der Waals surface area (Å²) in [5.41, 5.74) is 33.2. The first-order valence-corrected chi connectivity index (χ1v) is 50.7. The number of anilines is 8. The summed E-state index contributed by atoms with van der Waals surface area (Å²) < 4.78 is 4.69. The van der Waals surface area contributed by atoms with E-state index in [1.807, 2.05) is 12.4 Å². The Hall–Kier alpha value is -10.9. The predicted molar refractivity (Wildman–Crippen MR) is 598 cm³/mol. The van der Waals surface area contributed by atoms with Gasteiger partial charge in [-0.2, -0.15) is 107 Å². The zero-order chi connectivity index (χ0) is 101. The van der Waals surface area contributed by atoms with E-state index in [9.17, 15) is 0 Å².